The summed E-state index contributed by atoms with van der Waals surface area (Å²) in [5, 5.41) is 15.1. The molecule has 21 heavy (non-hydrogen) atoms. The van der Waals surface area contributed by atoms with Crippen molar-refractivity contribution in [3.8, 4) is 6.07 Å². The normalized spacial score (nSPS) is 9.76. The van der Waals surface area contributed by atoms with E-state index in [-0.39, 0.29) is 12.5 Å². The fourth-order valence-electron chi connectivity index (χ4n) is 1.77. The van der Waals surface area contributed by atoms with Crippen LogP contribution in [0.2, 0.25) is 5.02 Å². The average Bonchev–Trinajstić information content (AvgIpc) is 2.49. The molecule has 0 fully saturated rings. The van der Waals surface area contributed by atoms with E-state index in [2.05, 4.69) is 10.6 Å². The summed E-state index contributed by atoms with van der Waals surface area (Å²) in [5.74, 6) is -0.162. The molecular weight excluding hydrogens is 286 g/mol. The van der Waals surface area contributed by atoms with E-state index in [9.17, 15) is 4.79 Å². The molecule has 0 atom stereocenters. The summed E-state index contributed by atoms with van der Waals surface area (Å²) in [6, 6.07) is 14.3. The standard InChI is InChI=1S/C16H14ClN3O/c1-11-2-5-13(17)8-15(11)20-16(21)10-19-14-6-3-12(9-18)4-7-14/h2-8,19H,10H2,1H3,(H,20,21). The van der Waals surface area contributed by atoms with Crippen LogP contribution in [-0.2, 0) is 4.79 Å². The van der Waals surface area contributed by atoms with Crippen molar-refractivity contribution in [2.24, 2.45) is 0 Å². The quantitative estimate of drug-likeness (QED) is 0.907. The van der Waals surface area contributed by atoms with Gasteiger partial charge in [0.2, 0.25) is 5.91 Å². The summed E-state index contributed by atoms with van der Waals surface area (Å²) < 4.78 is 0. The van der Waals surface area contributed by atoms with Gasteiger partial charge in [-0.25, -0.2) is 0 Å². The smallest absolute Gasteiger partial charge is 0.243 e. The van der Waals surface area contributed by atoms with Crippen LogP contribution >= 0.6 is 11.6 Å². The molecule has 0 bridgehead atoms. The first-order valence-corrected chi connectivity index (χ1v) is 6.76. The molecule has 0 aromatic heterocycles. The second-order valence-corrected chi connectivity index (χ2v) is 4.99. The van der Waals surface area contributed by atoms with Crippen molar-refractivity contribution in [1.29, 1.82) is 5.26 Å². The number of amides is 1. The van der Waals surface area contributed by atoms with Gasteiger partial charge in [-0.2, -0.15) is 5.26 Å². The third kappa shape index (κ3) is 4.23. The second-order valence-electron chi connectivity index (χ2n) is 4.55. The molecule has 0 spiro atoms. The topological polar surface area (TPSA) is 64.9 Å². The van der Waals surface area contributed by atoms with Gasteiger partial charge in [0.25, 0.3) is 0 Å². The summed E-state index contributed by atoms with van der Waals surface area (Å²) in [6.45, 7) is 2.04. The SMILES string of the molecule is Cc1ccc(Cl)cc1NC(=O)CNc1ccc(C#N)cc1. The first kappa shape index (κ1) is 14.9. The zero-order chi connectivity index (χ0) is 15.2. The number of nitriles is 1. The number of rotatable bonds is 4. The minimum Gasteiger partial charge on any atom is -0.376 e. The lowest BCUT2D eigenvalue weighted by atomic mass is 10.2. The molecule has 0 aliphatic carbocycles. The number of carbonyl (C=O) groups is 1. The molecule has 2 N–H and O–H groups in total. The highest BCUT2D eigenvalue weighted by molar-refractivity contribution is 6.31. The van der Waals surface area contributed by atoms with Gasteiger partial charge in [0.15, 0.2) is 0 Å². The van der Waals surface area contributed by atoms with Crippen molar-refractivity contribution in [3.05, 3.63) is 58.6 Å². The zero-order valence-electron chi connectivity index (χ0n) is 11.5. The Kier molecular flexibility index (Phi) is 4.81. The lowest BCUT2D eigenvalue weighted by molar-refractivity contribution is -0.114. The molecule has 0 heterocycles. The minimum atomic E-state index is -0.162. The van der Waals surface area contributed by atoms with Gasteiger partial charge < -0.3 is 10.6 Å². The molecule has 0 aliphatic heterocycles. The van der Waals surface area contributed by atoms with Crippen LogP contribution in [-0.4, -0.2) is 12.5 Å². The van der Waals surface area contributed by atoms with Gasteiger partial charge in [0, 0.05) is 16.4 Å². The van der Waals surface area contributed by atoms with Crippen LogP contribution in [0.15, 0.2) is 42.5 Å². The largest absolute Gasteiger partial charge is 0.376 e. The van der Waals surface area contributed by atoms with Gasteiger partial charge in [0.05, 0.1) is 18.2 Å². The number of nitrogens with zero attached hydrogens (tertiary/aromatic N) is 1. The number of anilines is 2. The van der Waals surface area contributed by atoms with E-state index in [0.29, 0.717) is 16.3 Å². The Balaban J connectivity index is 1.92. The predicted octanol–water partition coefficient (Wildman–Crippen LogP) is 3.57. The van der Waals surface area contributed by atoms with Crippen LogP contribution in [0.25, 0.3) is 0 Å². The fourth-order valence-corrected chi connectivity index (χ4v) is 1.94. The van der Waals surface area contributed by atoms with Crippen LogP contribution in [0.3, 0.4) is 0 Å². The molecule has 2 aromatic carbocycles. The lowest BCUT2D eigenvalue weighted by Gasteiger charge is -2.10. The van der Waals surface area contributed by atoms with E-state index in [0.717, 1.165) is 11.3 Å². The molecule has 2 rings (SSSR count). The molecule has 2 aromatic rings. The molecular formula is C16H14ClN3O. The predicted molar refractivity (Wildman–Crippen MR) is 84.5 cm³/mol. The van der Waals surface area contributed by atoms with Crippen LogP contribution in [0.4, 0.5) is 11.4 Å². The average molecular weight is 300 g/mol. The maximum atomic E-state index is 11.9. The van der Waals surface area contributed by atoms with Crippen molar-refractivity contribution >= 4 is 28.9 Å². The Morgan fingerprint density at radius 2 is 1.95 bits per heavy atom. The maximum Gasteiger partial charge on any atom is 0.243 e. The summed E-state index contributed by atoms with van der Waals surface area (Å²) >= 11 is 5.91. The minimum absolute atomic E-state index is 0.137. The van der Waals surface area contributed by atoms with Gasteiger partial charge >= 0.3 is 0 Å². The van der Waals surface area contributed by atoms with Gasteiger partial charge in [-0.15, -0.1) is 0 Å². The lowest BCUT2D eigenvalue weighted by Crippen LogP contribution is -2.22. The molecule has 106 valence electrons. The maximum absolute atomic E-state index is 11.9. The highest BCUT2D eigenvalue weighted by Gasteiger charge is 2.05. The van der Waals surface area contributed by atoms with Crippen molar-refractivity contribution in [2.75, 3.05) is 17.2 Å². The summed E-state index contributed by atoms with van der Waals surface area (Å²) in [6.07, 6.45) is 0. The number of aryl methyl sites for hydroxylation is 1. The Morgan fingerprint density at radius 3 is 2.62 bits per heavy atom. The third-order valence-corrected chi connectivity index (χ3v) is 3.18. The number of hydrogen-bond donors (Lipinski definition) is 2. The fraction of sp³-hybridized carbons (Fsp3) is 0.125. The van der Waals surface area contributed by atoms with E-state index in [1.165, 1.54) is 0 Å². The van der Waals surface area contributed by atoms with Crippen LogP contribution in [0, 0.1) is 18.3 Å². The monoisotopic (exact) mass is 299 g/mol. The first-order chi connectivity index (χ1) is 10.1. The highest BCUT2D eigenvalue weighted by atomic mass is 35.5. The van der Waals surface area contributed by atoms with E-state index >= 15 is 0 Å². The van der Waals surface area contributed by atoms with E-state index in [1.807, 2.05) is 19.1 Å². The Bertz CT molecular complexity index is 690. The van der Waals surface area contributed by atoms with Gasteiger partial charge in [-0.3, -0.25) is 4.79 Å². The van der Waals surface area contributed by atoms with Crippen molar-refractivity contribution in [2.45, 2.75) is 6.92 Å². The number of nitrogens with one attached hydrogen (secondary N) is 2. The number of halogens is 1. The van der Waals surface area contributed by atoms with Crippen LogP contribution in [0.5, 0.6) is 0 Å². The van der Waals surface area contributed by atoms with Gasteiger partial charge in [-0.05, 0) is 48.9 Å². The molecule has 4 nitrogen and oxygen atoms in total. The number of carbonyl (C=O) groups excluding carboxylic acids is 1. The molecule has 0 aliphatic rings. The number of benzene rings is 2. The summed E-state index contributed by atoms with van der Waals surface area (Å²) in [5.41, 5.74) is 3.02. The third-order valence-electron chi connectivity index (χ3n) is 2.94. The Labute approximate surface area is 128 Å². The first-order valence-electron chi connectivity index (χ1n) is 6.38. The second kappa shape index (κ2) is 6.78. The highest BCUT2D eigenvalue weighted by Crippen LogP contribution is 2.20. The molecule has 0 radical (unpaired) electrons. The molecule has 1 amide bonds. The molecule has 0 saturated heterocycles. The molecule has 0 unspecified atom stereocenters. The van der Waals surface area contributed by atoms with E-state index in [4.69, 9.17) is 16.9 Å². The van der Waals surface area contributed by atoms with E-state index < -0.39 is 0 Å². The van der Waals surface area contributed by atoms with E-state index in [1.54, 1.807) is 36.4 Å². The Hall–Kier alpha value is -2.51. The van der Waals surface area contributed by atoms with Gasteiger partial charge in [0.1, 0.15) is 0 Å². The summed E-state index contributed by atoms with van der Waals surface area (Å²) in [4.78, 5) is 11.9. The van der Waals surface area contributed by atoms with Crippen molar-refractivity contribution in [1.82, 2.24) is 0 Å². The summed E-state index contributed by atoms with van der Waals surface area (Å²) in [7, 11) is 0. The van der Waals surface area contributed by atoms with Crippen LogP contribution in [0.1, 0.15) is 11.1 Å². The molecule has 5 heteroatoms. The van der Waals surface area contributed by atoms with Crippen molar-refractivity contribution < 1.29 is 4.79 Å². The van der Waals surface area contributed by atoms with Gasteiger partial charge in [-0.1, -0.05) is 17.7 Å². The number of hydrogen-bond acceptors (Lipinski definition) is 3. The molecule has 0 saturated carbocycles. The van der Waals surface area contributed by atoms with Crippen molar-refractivity contribution in [3.63, 3.8) is 0 Å². The zero-order valence-corrected chi connectivity index (χ0v) is 12.2. The Morgan fingerprint density at radius 1 is 1.24 bits per heavy atom. The van der Waals surface area contributed by atoms with Crippen LogP contribution < -0.4 is 10.6 Å².